The Morgan fingerprint density at radius 1 is 1.40 bits per heavy atom. The molecule has 2 nitrogen and oxygen atoms in total. The molecule has 3 heteroatoms. The Kier molecular flexibility index (Phi) is 3.83. The lowest BCUT2D eigenvalue weighted by Crippen LogP contribution is -2.42. The molecular weight excluding hydrogens is 253 g/mol. The fourth-order valence-corrected chi connectivity index (χ4v) is 3.75. The Morgan fingerprint density at radius 2 is 2.20 bits per heavy atom. The van der Waals surface area contributed by atoms with Gasteiger partial charge in [-0.25, -0.2) is 4.39 Å². The number of aryl methyl sites for hydroxylation is 1. The molecule has 0 spiro atoms. The van der Waals surface area contributed by atoms with Crippen molar-refractivity contribution in [1.82, 2.24) is 5.32 Å². The van der Waals surface area contributed by atoms with Crippen LogP contribution in [0, 0.1) is 24.1 Å². The third-order valence-electron chi connectivity index (χ3n) is 4.93. The van der Waals surface area contributed by atoms with Crippen molar-refractivity contribution in [2.24, 2.45) is 11.3 Å². The fraction of sp³-hybridized carbons (Fsp3) is 0.647. The van der Waals surface area contributed by atoms with E-state index in [1.165, 1.54) is 18.4 Å². The Bertz CT molecular complexity index is 486. The molecule has 20 heavy (non-hydrogen) atoms. The van der Waals surface area contributed by atoms with Crippen LogP contribution in [-0.4, -0.2) is 26.3 Å². The first kappa shape index (κ1) is 14.0. The van der Waals surface area contributed by atoms with Gasteiger partial charge in [-0.05, 0) is 68.8 Å². The van der Waals surface area contributed by atoms with Gasteiger partial charge in [-0.3, -0.25) is 0 Å². The number of hydrogen-bond donors (Lipinski definition) is 1. The normalized spacial score (nSPS) is 29.9. The SMILES string of the molecule is CNCC1(Cc2cc(F)ccc2C)CCOC1C1CC1. The average molecular weight is 277 g/mol. The second kappa shape index (κ2) is 5.45. The topological polar surface area (TPSA) is 21.3 Å². The Labute approximate surface area is 120 Å². The van der Waals surface area contributed by atoms with Crippen molar-refractivity contribution in [3.05, 3.63) is 35.1 Å². The number of rotatable bonds is 5. The zero-order chi connectivity index (χ0) is 14.2. The van der Waals surface area contributed by atoms with Crippen molar-refractivity contribution in [2.75, 3.05) is 20.2 Å². The Hall–Kier alpha value is -0.930. The van der Waals surface area contributed by atoms with Gasteiger partial charge in [-0.2, -0.15) is 0 Å². The lowest BCUT2D eigenvalue weighted by molar-refractivity contribution is 0.0314. The van der Waals surface area contributed by atoms with Crippen LogP contribution in [0.1, 0.15) is 30.4 Å². The first-order valence-electron chi connectivity index (χ1n) is 7.66. The van der Waals surface area contributed by atoms with Crippen LogP contribution in [0.15, 0.2) is 18.2 Å². The van der Waals surface area contributed by atoms with E-state index in [9.17, 15) is 4.39 Å². The Morgan fingerprint density at radius 3 is 2.90 bits per heavy atom. The van der Waals surface area contributed by atoms with Crippen molar-refractivity contribution in [3.63, 3.8) is 0 Å². The van der Waals surface area contributed by atoms with E-state index in [0.717, 1.165) is 37.5 Å². The van der Waals surface area contributed by atoms with Crippen molar-refractivity contribution in [3.8, 4) is 0 Å². The van der Waals surface area contributed by atoms with Crippen LogP contribution in [0.25, 0.3) is 0 Å². The fourth-order valence-electron chi connectivity index (χ4n) is 3.75. The highest BCUT2D eigenvalue weighted by molar-refractivity contribution is 5.28. The zero-order valence-corrected chi connectivity index (χ0v) is 12.4. The standard InChI is InChI=1S/C17H24FNO/c1-12-3-6-15(18)9-14(12)10-17(11-19-2)7-8-20-16(17)13-4-5-13/h3,6,9,13,16,19H,4-5,7-8,10-11H2,1-2H3. The first-order chi connectivity index (χ1) is 9.64. The van der Waals surface area contributed by atoms with Crippen molar-refractivity contribution in [1.29, 1.82) is 0 Å². The first-order valence-corrected chi connectivity index (χ1v) is 7.66. The summed E-state index contributed by atoms with van der Waals surface area (Å²) in [4.78, 5) is 0. The average Bonchev–Trinajstić information content (AvgIpc) is 3.17. The smallest absolute Gasteiger partial charge is 0.123 e. The third-order valence-corrected chi connectivity index (χ3v) is 4.93. The molecule has 1 N–H and O–H groups in total. The highest BCUT2D eigenvalue weighted by atomic mass is 19.1. The molecule has 1 heterocycles. The van der Waals surface area contributed by atoms with Gasteiger partial charge in [0.15, 0.2) is 0 Å². The predicted octanol–water partition coefficient (Wildman–Crippen LogP) is 3.08. The van der Waals surface area contributed by atoms with Gasteiger partial charge in [0.1, 0.15) is 5.82 Å². The second-order valence-electron chi connectivity index (χ2n) is 6.52. The minimum atomic E-state index is -0.132. The van der Waals surface area contributed by atoms with E-state index in [0.29, 0.717) is 6.10 Å². The van der Waals surface area contributed by atoms with Gasteiger partial charge < -0.3 is 10.1 Å². The van der Waals surface area contributed by atoms with E-state index in [1.807, 2.05) is 13.1 Å². The molecule has 1 aromatic rings. The van der Waals surface area contributed by atoms with Gasteiger partial charge in [0, 0.05) is 18.6 Å². The van der Waals surface area contributed by atoms with Crippen LogP contribution in [0.4, 0.5) is 4.39 Å². The van der Waals surface area contributed by atoms with E-state index in [4.69, 9.17) is 4.74 Å². The maximum Gasteiger partial charge on any atom is 0.123 e. The van der Waals surface area contributed by atoms with Crippen molar-refractivity contribution >= 4 is 0 Å². The number of ether oxygens (including phenoxy) is 1. The van der Waals surface area contributed by atoms with Gasteiger partial charge >= 0.3 is 0 Å². The Balaban J connectivity index is 1.88. The largest absolute Gasteiger partial charge is 0.377 e. The van der Waals surface area contributed by atoms with Gasteiger partial charge in [0.05, 0.1) is 6.10 Å². The molecule has 1 saturated carbocycles. The summed E-state index contributed by atoms with van der Waals surface area (Å²) in [6.07, 6.45) is 4.91. The summed E-state index contributed by atoms with van der Waals surface area (Å²) in [5.74, 6) is 0.590. The van der Waals surface area contributed by atoms with E-state index in [-0.39, 0.29) is 11.2 Å². The lowest BCUT2D eigenvalue weighted by Gasteiger charge is -2.35. The summed E-state index contributed by atoms with van der Waals surface area (Å²) >= 11 is 0. The minimum absolute atomic E-state index is 0.132. The van der Waals surface area contributed by atoms with Gasteiger partial charge in [0.2, 0.25) is 0 Å². The third kappa shape index (κ3) is 2.61. The van der Waals surface area contributed by atoms with E-state index >= 15 is 0 Å². The number of halogens is 1. The molecule has 0 bridgehead atoms. The molecule has 3 rings (SSSR count). The summed E-state index contributed by atoms with van der Waals surface area (Å²) in [5, 5.41) is 3.34. The lowest BCUT2D eigenvalue weighted by atomic mass is 9.73. The molecule has 1 aliphatic heterocycles. The highest BCUT2D eigenvalue weighted by Crippen LogP contribution is 2.49. The molecule has 0 aromatic heterocycles. The van der Waals surface area contributed by atoms with Crippen LogP contribution >= 0.6 is 0 Å². The van der Waals surface area contributed by atoms with Crippen molar-refractivity contribution in [2.45, 2.75) is 38.7 Å². The maximum absolute atomic E-state index is 13.6. The van der Waals surface area contributed by atoms with E-state index < -0.39 is 0 Å². The minimum Gasteiger partial charge on any atom is -0.377 e. The molecule has 1 aromatic carbocycles. The summed E-state index contributed by atoms with van der Waals surface area (Å²) in [7, 11) is 2.00. The summed E-state index contributed by atoms with van der Waals surface area (Å²) < 4.78 is 19.6. The maximum atomic E-state index is 13.6. The molecular formula is C17H24FNO. The van der Waals surface area contributed by atoms with Gasteiger partial charge in [-0.15, -0.1) is 0 Å². The van der Waals surface area contributed by atoms with Crippen LogP contribution in [0.2, 0.25) is 0 Å². The molecule has 2 aliphatic rings. The number of hydrogen-bond acceptors (Lipinski definition) is 2. The van der Waals surface area contributed by atoms with Gasteiger partial charge in [0.25, 0.3) is 0 Å². The number of benzene rings is 1. The summed E-state index contributed by atoms with van der Waals surface area (Å²) in [6, 6.07) is 5.14. The predicted molar refractivity (Wildman–Crippen MR) is 78.3 cm³/mol. The molecule has 0 amide bonds. The molecule has 0 radical (unpaired) electrons. The van der Waals surface area contributed by atoms with E-state index in [1.54, 1.807) is 12.1 Å². The second-order valence-corrected chi connectivity index (χ2v) is 6.52. The highest BCUT2D eigenvalue weighted by Gasteiger charge is 2.50. The zero-order valence-electron chi connectivity index (χ0n) is 12.4. The summed E-state index contributed by atoms with van der Waals surface area (Å²) in [5.41, 5.74) is 2.45. The van der Waals surface area contributed by atoms with E-state index in [2.05, 4.69) is 12.2 Å². The van der Waals surface area contributed by atoms with Gasteiger partial charge in [-0.1, -0.05) is 6.07 Å². The molecule has 1 aliphatic carbocycles. The molecule has 1 saturated heterocycles. The molecule has 2 unspecified atom stereocenters. The molecule has 2 atom stereocenters. The summed E-state index contributed by atoms with van der Waals surface area (Å²) in [6.45, 7) is 3.87. The van der Waals surface area contributed by atoms with Crippen LogP contribution in [-0.2, 0) is 11.2 Å². The van der Waals surface area contributed by atoms with Crippen LogP contribution < -0.4 is 5.32 Å². The molecule has 110 valence electrons. The number of nitrogens with one attached hydrogen (secondary N) is 1. The van der Waals surface area contributed by atoms with Crippen molar-refractivity contribution < 1.29 is 9.13 Å². The quantitative estimate of drug-likeness (QED) is 0.893. The van der Waals surface area contributed by atoms with Crippen LogP contribution in [0.5, 0.6) is 0 Å². The monoisotopic (exact) mass is 277 g/mol. The molecule has 2 fully saturated rings. The van der Waals surface area contributed by atoms with Crippen LogP contribution in [0.3, 0.4) is 0 Å².